The van der Waals surface area contributed by atoms with E-state index in [4.69, 9.17) is 14.2 Å². The number of rotatable bonds is 22. The Morgan fingerprint density at radius 1 is 0.769 bits per heavy atom. The standard InChI is InChI=1S/C31H53N3O5/c1-2-3-4-5-6-7-8-9-10-11-12-13-14-15-17-23-33-30(35)37-25-28-20-21-29(39-28)26-38-31(36)34-24-27-19-16-18-22-32-27/h16,18-19,22,28-29H,2-15,17,20-21,23-26H2,1H3,(H,33,35)(H,34,36). The number of amides is 2. The van der Waals surface area contributed by atoms with E-state index in [1.54, 1.807) is 6.20 Å². The van der Waals surface area contributed by atoms with Gasteiger partial charge in [-0.05, 0) is 31.4 Å². The van der Waals surface area contributed by atoms with Gasteiger partial charge in [-0.2, -0.15) is 0 Å². The molecule has 0 saturated carbocycles. The molecular weight excluding hydrogens is 494 g/mol. The second-order valence-electron chi connectivity index (χ2n) is 10.7. The molecule has 1 aliphatic heterocycles. The summed E-state index contributed by atoms with van der Waals surface area (Å²) in [5.74, 6) is 0. The second kappa shape index (κ2) is 22.5. The van der Waals surface area contributed by atoms with Crippen molar-refractivity contribution in [3.8, 4) is 0 Å². The van der Waals surface area contributed by atoms with E-state index in [-0.39, 0.29) is 25.4 Å². The molecule has 1 aromatic rings. The molecule has 2 amide bonds. The first-order valence-corrected chi connectivity index (χ1v) is 15.5. The molecule has 2 atom stereocenters. The number of hydrogen-bond acceptors (Lipinski definition) is 6. The first kappa shape index (κ1) is 32.9. The third-order valence-corrected chi connectivity index (χ3v) is 7.19. The van der Waals surface area contributed by atoms with Crippen LogP contribution in [0.5, 0.6) is 0 Å². The van der Waals surface area contributed by atoms with Crippen molar-refractivity contribution in [1.82, 2.24) is 15.6 Å². The van der Waals surface area contributed by atoms with Crippen LogP contribution in [0.1, 0.15) is 122 Å². The SMILES string of the molecule is CCCCCCCCCCCCCCCCCNC(=O)OCC1CCC(COC(=O)NCc2ccccn2)O1. The zero-order valence-electron chi connectivity index (χ0n) is 24.3. The Morgan fingerprint density at radius 3 is 1.79 bits per heavy atom. The van der Waals surface area contributed by atoms with Crippen LogP contribution < -0.4 is 10.6 Å². The Labute approximate surface area is 236 Å². The molecule has 0 bridgehead atoms. The summed E-state index contributed by atoms with van der Waals surface area (Å²) < 4.78 is 16.4. The predicted molar refractivity (Wildman–Crippen MR) is 155 cm³/mol. The number of alkyl carbamates (subject to hydrolysis) is 2. The van der Waals surface area contributed by atoms with Gasteiger partial charge >= 0.3 is 12.2 Å². The Morgan fingerprint density at radius 2 is 1.28 bits per heavy atom. The zero-order chi connectivity index (χ0) is 27.8. The van der Waals surface area contributed by atoms with Crippen molar-refractivity contribution in [3.63, 3.8) is 0 Å². The summed E-state index contributed by atoms with van der Waals surface area (Å²) in [5, 5.41) is 5.51. The minimum Gasteiger partial charge on any atom is -0.447 e. The molecule has 1 aliphatic rings. The number of ether oxygens (including phenoxy) is 3. The van der Waals surface area contributed by atoms with E-state index in [2.05, 4.69) is 22.5 Å². The van der Waals surface area contributed by atoms with Gasteiger partial charge in [0.2, 0.25) is 0 Å². The molecular formula is C31H53N3O5. The molecule has 0 spiro atoms. The fraction of sp³-hybridized carbons (Fsp3) is 0.774. The lowest BCUT2D eigenvalue weighted by atomic mass is 10.0. The number of pyridine rings is 1. The zero-order valence-corrected chi connectivity index (χ0v) is 24.3. The summed E-state index contributed by atoms with van der Waals surface area (Å²) >= 11 is 0. The van der Waals surface area contributed by atoms with Crippen molar-refractivity contribution in [3.05, 3.63) is 30.1 Å². The van der Waals surface area contributed by atoms with E-state index < -0.39 is 12.2 Å². The number of aromatic nitrogens is 1. The molecule has 0 radical (unpaired) electrons. The minimum atomic E-state index is -0.498. The monoisotopic (exact) mass is 547 g/mol. The fourth-order valence-electron chi connectivity index (χ4n) is 4.82. The Kier molecular flexibility index (Phi) is 18.9. The smallest absolute Gasteiger partial charge is 0.407 e. The summed E-state index contributed by atoms with van der Waals surface area (Å²) in [6, 6.07) is 5.53. The Hall–Kier alpha value is -2.35. The molecule has 222 valence electrons. The minimum absolute atomic E-state index is 0.160. The van der Waals surface area contributed by atoms with Crippen molar-refractivity contribution in [2.75, 3.05) is 19.8 Å². The van der Waals surface area contributed by atoms with E-state index in [1.165, 1.54) is 83.5 Å². The Balaban J connectivity index is 1.33. The number of nitrogens with one attached hydrogen (secondary N) is 2. The Bertz CT molecular complexity index is 749. The highest BCUT2D eigenvalue weighted by molar-refractivity contribution is 5.67. The van der Waals surface area contributed by atoms with E-state index in [0.29, 0.717) is 13.1 Å². The van der Waals surface area contributed by atoms with Gasteiger partial charge < -0.3 is 24.8 Å². The van der Waals surface area contributed by atoms with Gasteiger partial charge in [-0.25, -0.2) is 9.59 Å². The van der Waals surface area contributed by atoms with E-state index in [9.17, 15) is 9.59 Å². The normalized spacial score (nSPS) is 16.6. The lowest BCUT2D eigenvalue weighted by Gasteiger charge is -2.15. The summed E-state index contributed by atoms with van der Waals surface area (Å²) in [5.41, 5.74) is 0.765. The molecule has 0 aromatic carbocycles. The molecule has 2 N–H and O–H groups in total. The molecule has 2 unspecified atom stereocenters. The van der Waals surface area contributed by atoms with Gasteiger partial charge in [0.15, 0.2) is 0 Å². The van der Waals surface area contributed by atoms with Gasteiger partial charge in [0.1, 0.15) is 13.2 Å². The van der Waals surface area contributed by atoms with Gasteiger partial charge in [0.05, 0.1) is 24.4 Å². The third-order valence-electron chi connectivity index (χ3n) is 7.19. The summed E-state index contributed by atoms with van der Waals surface area (Å²) in [7, 11) is 0. The molecule has 8 nitrogen and oxygen atoms in total. The van der Waals surface area contributed by atoms with Gasteiger partial charge in [-0.1, -0.05) is 103 Å². The van der Waals surface area contributed by atoms with Crippen molar-refractivity contribution in [2.45, 2.75) is 135 Å². The van der Waals surface area contributed by atoms with Crippen LogP contribution in [-0.2, 0) is 20.8 Å². The molecule has 39 heavy (non-hydrogen) atoms. The van der Waals surface area contributed by atoms with Crippen LogP contribution in [-0.4, -0.2) is 49.1 Å². The maximum atomic E-state index is 12.0. The lowest BCUT2D eigenvalue weighted by molar-refractivity contribution is -0.0198. The quantitative estimate of drug-likeness (QED) is 0.146. The maximum Gasteiger partial charge on any atom is 0.407 e. The molecule has 2 rings (SSSR count). The van der Waals surface area contributed by atoms with Crippen LogP contribution in [0.25, 0.3) is 0 Å². The van der Waals surface area contributed by atoms with Crippen LogP contribution >= 0.6 is 0 Å². The van der Waals surface area contributed by atoms with Crippen LogP contribution in [0.3, 0.4) is 0 Å². The third kappa shape index (κ3) is 17.8. The topological polar surface area (TPSA) is 98.8 Å². The second-order valence-corrected chi connectivity index (χ2v) is 10.7. The highest BCUT2D eigenvalue weighted by Crippen LogP contribution is 2.20. The number of hydrogen-bond donors (Lipinski definition) is 2. The summed E-state index contributed by atoms with van der Waals surface area (Å²) in [4.78, 5) is 28.0. The molecule has 1 saturated heterocycles. The fourth-order valence-corrected chi connectivity index (χ4v) is 4.82. The molecule has 1 fully saturated rings. The molecule has 0 aliphatic carbocycles. The number of unbranched alkanes of at least 4 members (excludes halogenated alkanes) is 14. The van der Waals surface area contributed by atoms with Gasteiger partial charge in [0.25, 0.3) is 0 Å². The summed E-state index contributed by atoms with van der Waals surface area (Å²) in [6.07, 6.45) is 21.9. The molecule has 1 aromatic heterocycles. The van der Waals surface area contributed by atoms with Crippen molar-refractivity contribution < 1.29 is 23.8 Å². The van der Waals surface area contributed by atoms with Crippen molar-refractivity contribution in [1.29, 1.82) is 0 Å². The highest BCUT2D eigenvalue weighted by atomic mass is 16.6. The highest BCUT2D eigenvalue weighted by Gasteiger charge is 2.27. The summed E-state index contributed by atoms with van der Waals surface area (Å²) in [6.45, 7) is 3.62. The van der Waals surface area contributed by atoms with E-state index in [1.807, 2.05) is 18.2 Å². The van der Waals surface area contributed by atoms with Gasteiger partial charge in [0, 0.05) is 12.7 Å². The average molecular weight is 548 g/mol. The maximum absolute atomic E-state index is 12.0. The van der Waals surface area contributed by atoms with E-state index in [0.717, 1.165) is 31.4 Å². The van der Waals surface area contributed by atoms with Gasteiger partial charge in [-0.3, -0.25) is 4.98 Å². The first-order valence-electron chi connectivity index (χ1n) is 15.5. The predicted octanol–water partition coefficient (Wildman–Crippen LogP) is 7.45. The molecule has 8 heteroatoms. The number of carbonyl (C=O) groups excluding carboxylic acids is 2. The molecule has 2 heterocycles. The van der Waals surface area contributed by atoms with E-state index >= 15 is 0 Å². The van der Waals surface area contributed by atoms with Crippen LogP contribution in [0.2, 0.25) is 0 Å². The average Bonchev–Trinajstić information content (AvgIpc) is 3.42. The van der Waals surface area contributed by atoms with Crippen LogP contribution in [0, 0.1) is 0 Å². The number of carbonyl (C=O) groups is 2. The van der Waals surface area contributed by atoms with Gasteiger partial charge in [-0.15, -0.1) is 0 Å². The largest absolute Gasteiger partial charge is 0.447 e. The first-order chi connectivity index (χ1) is 19.2. The van der Waals surface area contributed by atoms with Crippen molar-refractivity contribution in [2.24, 2.45) is 0 Å². The van der Waals surface area contributed by atoms with Crippen LogP contribution in [0.4, 0.5) is 9.59 Å². The lowest BCUT2D eigenvalue weighted by Crippen LogP contribution is -2.30. The number of nitrogens with zero attached hydrogens (tertiary/aromatic N) is 1. The van der Waals surface area contributed by atoms with Crippen molar-refractivity contribution >= 4 is 12.2 Å². The van der Waals surface area contributed by atoms with Crippen LogP contribution in [0.15, 0.2) is 24.4 Å².